The Morgan fingerprint density at radius 3 is 2.67 bits per heavy atom. The van der Waals surface area contributed by atoms with Crippen LogP contribution in [-0.4, -0.2) is 76.3 Å². The molecule has 0 amide bonds. The molecule has 0 unspecified atom stereocenters. The van der Waals surface area contributed by atoms with Gasteiger partial charge in [-0.15, -0.1) is 0 Å². The maximum Gasteiger partial charge on any atom is 0.116 e. The monoisotopic (exact) mass is 443 g/mol. The number of likely N-dealkylation sites (N-methyl/N-ethyl adjacent to an activating group) is 1. The van der Waals surface area contributed by atoms with Crippen LogP contribution in [0, 0.1) is 0 Å². The maximum absolute atomic E-state index is 4.77. The van der Waals surface area contributed by atoms with E-state index in [4.69, 9.17) is 10.1 Å². The highest BCUT2D eigenvalue weighted by Gasteiger charge is 2.24. The largest absolute Gasteiger partial charge is 0.368 e. The predicted molar refractivity (Wildman–Crippen MR) is 133 cm³/mol. The molecule has 6 rings (SSSR count). The van der Waals surface area contributed by atoms with Crippen molar-refractivity contribution in [1.82, 2.24) is 35.3 Å². The zero-order valence-electron chi connectivity index (χ0n) is 19.6. The van der Waals surface area contributed by atoms with Crippen molar-refractivity contribution >= 4 is 16.6 Å². The minimum atomic E-state index is 0.526. The number of nitrogens with zero attached hydrogens (tertiary/aromatic N) is 4. The zero-order valence-corrected chi connectivity index (χ0v) is 19.6. The zero-order chi connectivity index (χ0) is 22.4. The molecule has 3 aromatic heterocycles. The highest BCUT2D eigenvalue weighted by atomic mass is 15.3. The van der Waals surface area contributed by atoms with Crippen molar-refractivity contribution < 1.29 is 0 Å². The number of rotatable bonds is 3. The van der Waals surface area contributed by atoms with Gasteiger partial charge in [0.1, 0.15) is 5.69 Å². The standard InChI is InChI=1S/C26H33N7/c1-17-3-4-25(33-11-9-32(2)10-12-33)19-14-23(29-22(19)13-17)26-20-15-21(18-5-7-27-8-6-18)28-16-24(20)30-31-26/h3-4,14-16,18,27,29H,5-13H2,1-2H3,(H,30,31). The summed E-state index contributed by atoms with van der Waals surface area (Å²) in [6, 6.07) is 4.57. The van der Waals surface area contributed by atoms with E-state index in [0.717, 1.165) is 80.8 Å². The average Bonchev–Trinajstić information content (AvgIpc) is 3.41. The van der Waals surface area contributed by atoms with Gasteiger partial charge in [-0.3, -0.25) is 10.1 Å². The lowest BCUT2D eigenvalue weighted by Gasteiger charge is -2.35. The van der Waals surface area contributed by atoms with Crippen LogP contribution in [0.4, 0.5) is 0 Å². The van der Waals surface area contributed by atoms with Crippen LogP contribution in [0.2, 0.25) is 0 Å². The third-order valence-electron chi connectivity index (χ3n) is 7.48. The van der Waals surface area contributed by atoms with Crippen molar-refractivity contribution in [3.8, 4) is 11.4 Å². The second-order valence-electron chi connectivity index (χ2n) is 9.86. The van der Waals surface area contributed by atoms with Gasteiger partial charge in [-0.1, -0.05) is 11.6 Å². The molecule has 0 atom stereocenters. The number of hydrogen-bond acceptors (Lipinski definition) is 5. The Kier molecular flexibility index (Phi) is 5.31. The average molecular weight is 444 g/mol. The number of pyridine rings is 1. The molecule has 3 aromatic rings. The molecule has 5 heterocycles. The molecule has 1 aliphatic carbocycles. The van der Waals surface area contributed by atoms with E-state index in [1.54, 1.807) is 0 Å². The van der Waals surface area contributed by atoms with Gasteiger partial charge in [-0.05, 0) is 58.1 Å². The molecule has 33 heavy (non-hydrogen) atoms. The lowest BCUT2D eigenvalue weighted by molar-refractivity contribution is 0.207. The van der Waals surface area contributed by atoms with Crippen molar-refractivity contribution in [2.75, 3.05) is 46.3 Å². The van der Waals surface area contributed by atoms with E-state index in [-0.39, 0.29) is 0 Å². The smallest absolute Gasteiger partial charge is 0.116 e. The normalized spacial score (nSPS) is 20.5. The number of H-pyrrole nitrogens is 2. The van der Waals surface area contributed by atoms with Gasteiger partial charge in [-0.25, -0.2) is 0 Å². The lowest BCUT2D eigenvalue weighted by atomic mass is 9.93. The number of nitrogens with one attached hydrogen (secondary N) is 3. The third-order valence-corrected chi connectivity index (χ3v) is 7.48. The van der Waals surface area contributed by atoms with E-state index in [1.165, 1.54) is 28.2 Å². The van der Waals surface area contributed by atoms with Gasteiger partial charge in [0.15, 0.2) is 0 Å². The molecule has 3 N–H and O–H groups in total. The number of allylic oxidation sites excluding steroid dienone is 3. The van der Waals surface area contributed by atoms with Gasteiger partial charge in [0.25, 0.3) is 0 Å². The third kappa shape index (κ3) is 3.89. The molecular weight excluding hydrogens is 410 g/mol. The molecule has 172 valence electrons. The number of aromatic amines is 2. The quantitative estimate of drug-likeness (QED) is 0.578. The summed E-state index contributed by atoms with van der Waals surface area (Å²) >= 11 is 0. The van der Waals surface area contributed by atoms with Gasteiger partial charge in [0.2, 0.25) is 0 Å². The molecule has 2 fully saturated rings. The lowest BCUT2D eigenvalue weighted by Crippen LogP contribution is -2.43. The van der Waals surface area contributed by atoms with Crippen LogP contribution in [0.1, 0.15) is 42.6 Å². The maximum atomic E-state index is 4.77. The first-order valence-electron chi connectivity index (χ1n) is 12.2. The Labute approximate surface area is 195 Å². The SMILES string of the molecule is CC1=CC=C(N2CCN(C)CC2)c2cc(-c3n[nH]c4cnc(C5CCNCC5)cc34)[nH]c2C1. The van der Waals surface area contributed by atoms with Gasteiger partial charge in [0.05, 0.1) is 17.4 Å². The van der Waals surface area contributed by atoms with E-state index < -0.39 is 0 Å². The highest BCUT2D eigenvalue weighted by Crippen LogP contribution is 2.35. The van der Waals surface area contributed by atoms with Crippen molar-refractivity contribution in [1.29, 1.82) is 0 Å². The number of hydrogen-bond donors (Lipinski definition) is 3. The molecule has 0 spiro atoms. The van der Waals surface area contributed by atoms with Crippen molar-refractivity contribution in [2.45, 2.75) is 32.1 Å². The van der Waals surface area contributed by atoms with E-state index in [1.807, 2.05) is 6.20 Å². The summed E-state index contributed by atoms with van der Waals surface area (Å²) in [5.74, 6) is 0.526. The first kappa shape index (κ1) is 20.7. The van der Waals surface area contributed by atoms with Crippen LogP contribution in [0.15, 0.2) is 36.1 Å². The second-order valence-corrected chi connectivity index (χ2v) is 9.86. The Morgan fingerprint density at radius 2 is 1.85 bits per heavy atom. The second kappa shape index (κ2) is 8.47. The number of piperazine rings is 1. The number of fused-ring (bicyclic) bond motifs is 2. The van der Waals surface area contributed by atoms with Crippen LogP contribution in [0.3, 0.4) is 0 Å². The molecule has 0 saturated carbocycles. The summed E-state index contributed by atoms with van der Waals surface area (Å²) in [4.78, 5) is 13.5. The first-order chi connectivity index (χ1) is 16.2. The van der Waals surface area contributed by atoms with Crippen LogP contribution in [0.5, 0.6) is 0 Å². The van der Waals surface area contributed by atoms with E-state index in [9.17, 15) is 0 Å². The van der Waals surface area contributed by atoms with Crippen LogP contribution < -0.4 is 5.32 Å². The number of piperidine rings is 1. The molecule has 0 aromatic carbocycles. The van der Waals surface area contributed by atoms with E-state index in [0.29, 0.717) is 5.92 Å². The fraction of sp³-hybridized carbons (Fsp3) is 0.462. The molecule has 0 radical (unpaired) electrons. The predicted octanol–water partition coefficient (Wildman–Crippen LogP) is 3.51. The molecule has 3 aliphatic rings. The Hall–Kier alpha value is -2.90. The summed E-state index contributed by atoms with van der Waals surface area (Å²) < 4.78 is 0. The van der Waals surface area contributed by atoms with Gasteiger partial charge < -0.3 is 20.1 Å². The molecule has 2 saturated heterocycles. The fourth-order valence-corrected chi connectivity index (χ4v) is 5.44. The van der Waals surface area contributed by atoms with Gasteiger partial charge in [0, 0.05) is 66.6 Å². The minimum absolute atomic E-state index is 0.526. The van der Waals surface area contributed by atoms with Crippen LogP contribution in [-0.2, 0) is 6.42 Å². The van der Waals surface area contributed by atoms with Gasteiger partial charge in [-0.2, -0.15) is 5.10 Å². The topological polar surface area (TPSA) is 75.9 Å². The van der Waals surface area contributed by atoms with Crippen LogP contribution >= 0.6 is 0 Å². The highest BCUT2D eigenvalue weighted by molar-refractivity contribution is 5.92. The Morgan fingerprint density at radius 1 is 1.03 bits per heavy atom. The van der Waals surface area contributed by atoms with Gasteiger partial charge >= 0.3 is 0 Å². The fourth-order valence-electron chi connectivity index (χ4n) is 5.44. The molecule has 7 heteroatoms. The molecule has 0 bridgehead atoms. The summed E-state index contributed by atoms with van der Waals surface area (Å²) in [6.07, 6.45) is 9.78. The summed E-state index contributed by atoms with van der Waals surface area (Å²) in [5.41, 5.74) is 9.57. The number of aromatic nitrogens is 4. The Bertz CT molecular complexity index is 1220. The summed E-state index contributed by atoms with van der Waals surface area (Å²) in [6.45, 7) is 8.68. The van der Waals surface area contributed by atoms with Crippen molar-refractivity contribution in [3.05, 3.63) is 53.0 Å². The molecule has 7 nitrogen and oxygen atoms in total. The summed E-state index contributed by atoms with van der Waals surface area (Å²) in [5, 5.41) is 12.5. The summed E-state index contributed by atoms with van der Waals surface area (Å²) in [7, 11) is 2.21. The Balaban J connectivity index is 1.38. The first-order valence-corrected chi connectivity index (χ1v) is 12.2. The van der Waals surface area contributed by atoms with E-state index in [2.05, 4.69) is 63.5 Å². The minimum Gasteiger partial charge on any atom is -0.368 e. The molecule has 2 aliphatic heterocycles. The van der Waals surface area contributed by atoms with E-state index >= 15 is 0 Å². The van der Waals surface area contributed by atoms with Crippen molar-refractivity contribution in [2.24, 2.45) is 0 Å². The van der Waals surface area contributed by atoms with Crippen molar-refractivity contribution in [3.63, 3.8) is 0 Å². The van der Waals surface area contributed by atoms with Crippen LogP contribution in [0.25, 0.3) is 28.0 Å². The molecular formula is C26H33N7.